The highest BCUT2D eigenvalue weighted by Gasteiger charge is 2.16. The van der Waals surface area contributed by atoms with Gasteiger partial charge in [-0.05, 0) is 18.1 Å². The van der Waals surface area contributed by atoms with E-state index in [9.17, 15) is 0 Å². The summed E-state index contributed by atoms with van der Waals surface area (Å²) in [7, 11) is 1.91. The summed E-state index contributed by atoms with van der Waals surface area (Å²) < 4.78 is 7.21. The van der Waals surface area contributed by atoms with Crippen LogP contribution in [0.3, 0.4) is 0 Å². The van der Waals surface area contributed by atoms with E-state index in [1.807, 2.05) is 25.5 Å². The fourth-order valence-corrected chi connectivity index (χ4v) is 2.02. The number of rotatable bonds is 5. The molecule has 0 aliphatic rings. The van der Waals surface area contributed by atoms with Gasteiger partial charge in [-0.25, -0.2) is 0 Å². The minimum absolute atomic E-state index is 0.0629. The molecule has 0 fully saturated rings. The summed E-state index contributed by atoms with van der Waals surface area (Å²) >= 11 is 0. The van der Waals surface area contributed by atoms with Gasteiger partial charge >= 0.3 is 0 Å². The molecule has 2 rings (SSSR count). The van der Waals surface area contributed by atoms with Crippen molar-refractivity contribution in [3.05, 3.63) is 41.6 Å². The highest BCUT2D eigenvalue weighted by Crippen LogP contribution is 2.22. The SMILES string of the molecule is CCc1occc1C(Cc1cnn(C)c1)NN. The van der Waals surface area contributed by atoms with E-state index in [1.165, 1.54) is 0 Å². The highest BCUT2D eigenvalue weighted by molar-refractivity contribution is 5.23. The number of furan rings is 1. The third kappa shape index (κ3) is 2.57. The van der Waals surface area contributed by atoms with Crippen LogP contribution in [0, 0.1) is 0 Å². The molecule has 0 bridgehead atoms. The van der Waals surface area contributed by atoms with Crippen molar-refractivity contribution < 1.29 is 4.42 Å². The lowest BCUT2D eigenvalue weighted by atomic mass is 10.0. The largest absolute Gasteiger partial charge is 0.469 e. The van der Waals surface area contributed by atoms with E-state index in [1.54, 1.807) is 10.9 Å². The van der Waals surface area contributed by atoms with Crippen LogP contribution in [0.2, 0.25) is 0 Å². The Morgan fingerprint density at radius 2 is 2.41 bits per heavy atom. The van der Waals surface area contributed by atoms with Gasteiger partial charge in [0, 0.05) is 25.2 Å². The number of nitrogens with one attached hydrogen (secondary N) is 1. The molecule has 0 spiro atoms. The van der Waals surface area contributed by atoms with Gasteiger partial charge in [-0.15, -0.1) is 0 Å². The van der Waals surface area contributed by atoms with Gasteiger partial charge in [-0.3, -0.25) is 16.0 Å². The fourth-order valence-electron chi connectivity index (χ4n) is 2.02. The summed E-state index contributed by atoms with van der Waals surface area (Å²) in [5.74, 6) is 6.61. The third-order valence-electron chi connectivity index (χ3n) is 2.88. The average Bonchev–Trinajstić information content (AvgIpc) is 2.94. The van der Waals surface area contributed by atoms with Crippen LogP contribution >= 0.6 is 0 Å². The molecular formula is C12H18N4O. The standard InChI is InChI=1S/C12H18N4O/c1-3-12-10(4-5-17-12)11(15-13)6-9-7-14-16(2)8-9/h4-5,7-8,11,15H,3,6,13H2,1-2H3. The van der Waals surface area contributed by atoms with E-state index in [0.717, 1.165) is 29.7 Å². The average molecular weight is 234 g/mol. The van der Waals surface area contributed by atoms with Gasteiger partial charge in [0.05, 0.1) is 18.5 Å². The predicted octanol–water partition coefficient (Wildman–Crippen LogP) is 1.32. The third-order valence-corrected chi connectivity index (χ3v) is 2.88. The summed E-state index contributed by atoms with van der Waals surface area (Å²) in [6.07, 6.45) is 7.23. The number of nitrogens with zero attached hydrogens (tertiary/aromatic N) is 2. The van der Waals surface area contributed by atoms with Gasteiger partial charge in [-0.2, -0.15) is 5.10 Å². The molecule has 1 unspecified atom stereocenters. The quantitative estimate of drug-likeness (QED) is 0.605. The maximum atomic E-state index is 5.62. The molecule has 5 nitrogen and oxygen atoms in total. The molecule has 1 atom stereocenters. The molecule has 17 heavy (non-hydrogen) atoms. The molecule has 5 heteroatoms. The van der Waals surface area contributed by atoms with Crippen LogP contribution in [0.4, 0.5) is 0 Å². The maximum Gasteiger partial charge on any atom is 0.108 e. The number of nitrogens with two attached hydrogens (primary N) is 1. The zero-order valence-electron chi connectivity index (χ0n) is 10.2. The van der Waals surface area contributed by atoms with Gasteiger partial charge in [0.25, 0.3) is 0 Å². The minimum atomic E-state index is 0.0629. The Morgan fingerprint density at radius 3 is 3.00 bits per heavy atom. The first kappa shape index (κ1) is 11.9. The summed E-state index contributed by atoms with van der Waals surface area (Å²) in [5.41, 5.74) is 5.12. The Kier molecular flexibility index (Phi) is 3.61. The molecule has 92 valence electrons. The number of hydrogen-bond donors (Lipinski definition) is 2. The predicted molar refractivity (Wildman–Crippen MR) is 65.1 cm³/mol. The summed E-state index contributed by atoms with van der Waals surface area (Å²) in [5, 5.41) is 4.15. The molecule has 0 aromatic carbocycles. The van der Waals surface area contributed by atoms with Crippen molar-refractivity contribution in [2.75, 3.05) is 0 Å². The van der Waals surface area contributed by atoms with E-state index < -0.39 is 0 Å². The van der Waals surface area contributed by atoms with Crippen LogP contribution < -0.4 is 11.3 Å². The molecular weight excluding hydrogens is 216 g/mol. The summed E-state index contributed by atoms with van der Waals surface area (Å²) in [6.45, 7) is 2.07. The van der Waals surface area contributed by atoms with Gasteiger partial charge < -0.3 is 4.42 Å². The first-order valence-electron chi connectivity index (χ1n) is 5.74. The zero-order chi connectivity index (χ0) is 12.3. The van der Waals surface area contributed by atoms with Gasteiger partial charge in [0.2, 0.25) is 0 Å². The first-order chi connectivity index (χ1) is 8.24. The van der Waals surface area contributed by atoms with Crippen LogP contribution in [0.15, 0.2) is 29.1 Å². The second-order valence-corrected chi connectivity index (χ2v) is 4.10. The fraction of sp³-hybridized carbons (Fsp3) is 0.417. The van der Waals surface area contributed by atoms with Crippen LogP contribution in [0.1, 0.15) is 29.9 Å². The van der Waals surface area contributed by atoms with Crippen molar-refractivity contribution in [2.24, 2.45) is 12.9 Å². The molecule has 3 N–H and O–H groups in total. The monoisotopic (exact) mass is 234 g/mol. The minimum Gasteiger partial charge on any atom is -0.469 e. The molecule has 2 aromatic rings. The zero-order valence-corrected chi connectivity index (χ0v) is 10.2. The lowest BCUT2D eigenvalue weighted by Crippen LogP contribution is -2.29. The normalized spacial score (nSPS) is 12.9. The van der Waals surface area contributed by atoms with E-state index in [2.05, 4.69) is 17.4 Å². The van der Waals surface area contributed by atoms with Gasteiger partial charge in [0.1, 0.15) is 5.76 Å². The first-order valence-corrected chi connectivity index (χ1v) is 5.74. The van der Waals surface area contributed by atoms with Crippen molar-refractivity contribution in [1.82, 2.24) is 15.2 Å². The van der Waals surface area contributed by atoms with Crippen LogP contribution in [-0.2, 0) is 19.9 Å². The molecule has 2 aromatic heterocycles. The van der Waals surface area contributed by atoms with Gasteiger partial charge in [0.15, 0.2) is 0 Å². The van der Waals surface area contributed by atoms with Crippen molar-refractivity contribution >= 4 is 0 Å². The molecule has 0 aliphatic carbocycles. The number of aryl methyl sites for hydroxylation is 2. The van der Waals surface area contributed by atoms with E-state index in [-0.39, 0.29) is 6.04 Å². The van der Waals surface area contributed by atoms with Gasteiger partial charge in [-0.1, -0.05) is 6.92 Å². The summed E-state index contributed by atoms with van der Waals surface area (Å²) in [6, 6.07) is 2.03. The Morgan fingerprint density at radius 1 is 1.59 bits per heavy atom. The Balaban J connectivity index is 2.16. The van der Waals surface area contributed by atoms with E-state index >= 15 is 0 Å². The second kappa shape index (κ2) is 5.16. The number of aromatic nitrogens is 2. The molecule has 0 aliphatic heterocycles. The summed E-state index contributed by atoms with van der Waals surface area (Å²) in [4.78, 5) is 0. The van der Waals surface area contributed by atoms with Crippen molar-refractivity contribution in [1.29, 1.82) is 0 Å². The van der Waals surface area contributed by atoms with Crippen molar-refractivity contribution in [3.8, 4) is 0 Å². The lowest BCUT2D eigenvalue weighted by molar-refractivity contribution is 0.487. The molecule has 0 amide bonds. The second-order valence-electron chi connectivity index (χ2n) is 4.10. The van der Waals surface area contributed by atoms with Crippen molar-refractivity contribution in [2.45, 2.75) is 25.8 Å². The molecule has 2 heterocycles. The van der Waals surface area contributed by atoms with Crippen molar-refractivity contribution in [3.63, 3.8) is 0 Å². The molecule has 0 saturated heterocycles. The lowest BCUT2D eigenvalue weighted by Gasteiger charge is -2.14. The Labute approximate surface area is 101 Å². The van der Waals surface area contributed by atoms with E-state index in [0.29, 0.717) is 0 Å². The molecule has 0 saturated carbocycles. The number of hydrazine groups is 1. The molecule has 0 radical (unpaired) electrons. The Bertz CT molecular complexity index is 474. The highest BCUT2D eigenvalue weighted by atomic mass is 16.3. The maximum absolute atomic E-state index is 5.62. The Hall–Kier alpha value is -1.59. The van der Waals surface area contributed by atoms with E-state index in [4.69, 9.17) is 10.3 Å². The van der Waals surface area contributed by atoms with Crippen LogP contribution in [0.25, 0.3) is 0 Å². The van der Waals surface area contributed by atoms with Crippen LogP contribution in [-0.4, -0.2) is 9.78 Å². The number of hydrogen-bond acceptors (Lipinski definition) is 4. The topological polar surface area (TPSA) is 69.0 Å². The smallest absolute Gasteiger partial charge is 0.108 e. The van der Waals surface area contributed by atoms with Crippen LogP contribution in [0.5, 0.6) is 0 Å².